The zero-order chi connectivity index (χ0) is 17.3. The minimum atomic E-state index is -0.954. The van der Waals surface area contributed by atoms with E-state index in [2.05, 4.69) is 16.6 Å². The Morgan fingerprint density at radius 3 is 2.83 bits per heavy atom. The van der Waals surface area contributed by atoms with Crippen LogP contribution in [-0.2, 0) is 16.6 Å². The number of likely N-dealkylation sites (N-methyl/N-ethyl adjacent to an activating group) is 1. The molecule has 1 saturated heterocycles. The van der Waals surface area contributed by atoms with Gasteiger partial charge in [0.15, 0.2) is 23.4 Å². The standard InChI is InChI=1S/C17H19NO4.H4N2/c1-18-7-6-16-13-9-2-3-10(19)14(13)22-15(16)11(20)4-5-17(16,21)12(18)8-9;1-2/h2-3,12,15,19,21H,4-8H2,1H3;1-2H2/t12-,15+,16+,17-;/m1./s1. The molecule has 2 aliphatic heterocycles. The lowest BCUT2D eigenvalue weighted by Gasteiger charge is -2.61. The van der Waals surface area contributed by atoms with Gasteiger partial charge in [0.05, 0.1) is 11.0 Å². The molecule has 6 N–H and O–H groups in total. The van der Waals surface area contributed by atoms with Gasteiger partial charge in [0.25, 0.3) is 0 Å². The largest absolute Gasteiger partial charge is 0.504 e. The van der Waals surface area contributed by atoms with Crippen molar-refractivity contribution in [3.63, 3.8) is 0 Å². The fourth-order valence-corrected chi connectivity index (χ4v) is 5.54. The number of carbonyl (C=O) groups excluding carboxylic acids is 1. The number of carbonyl (C=O) groups is 1. The summed E-state index contributed by atoms with van der Waals surface area (Å²) in [5.41, 5.74) is 0.370. The normalized spacial score (nSPS) is 38.8. The molecule has 0 unspecified atom stereocenters. The van der Waals surface area contributed by atoms with Crippen LogP contribution in [0.2, 0.25) is 0 Å². The highest BCUT2D eigenvalue weighted by Crippen LogP contribution is 2.64. The number of nitrogens with zero attached hydrogens (tertiary/aromatic N) is 1. The van der Waals surface area contributed by atoms with Gasteiger partial charge in [-0.15, -0.1) is 0 Å². The van der Waals surface area contributed by atoms with Crippen molar-refractivity contribution in [2.45, 2.75) is 48.8 Å². The number of ether oxygens (including phenoxy) is 1. The van der Waals surface area contributed by atoms with Crippen LogP contribution in [0.3, 0.4) is 0 Å². The molecule has 130 valence electrons. The van der Waals surface area contributed by atoms with Crippen molar-refractivity contribution in [3.8, 4) is 11.5 Å². The predicted molar refractivity (Wildman–Crippen MR) is 86.5 cm³/mol. The van der Waals surface area contributed by atoms with E-state index < -0.39 is 17.1 Å². The van der Waals surface area contributed by atoms with Gasteiger partial charge >= 0.3 is 0 Å². The Labute approximate surface area is 140 Å². The van der Waals surface area contributed by atoms with E-state index in [1.54, 1.807) is 6.07 Å². The zero-order valence-electron chi connectivity index (χ0n) is 13.7. The van der Waals surface area contributed by atoms with Crippen LogP contribution < -0.4 is 16.4 Å². The first-order chi connectivity index (χ1) is 11.5. The van der Waals surface area contributed by atoms with Gasteiger partial charge in [0, 0.05) is 18.0 Å². The molecule has 1 spiro atoms. The Hall–Kier alpha value is -1.67. The van der Waals surface area contributed by atoms with Crippen LogP contribution in [0.4, 0.5) is 0 Å². The third-order valence-electron chi connectivity index (χ3n) is 6.53. The molecule has 4 aliphatic rings. The van der Waals surface area contributed by atoms with Gasteiger partial charge in [0.2, 0.25) is 0 Å². The van der Waals surface area contributed by atoms with Crippen molar-refractivity contribution in [2.24, 2.45) is 11.7 Å². The third-order valence-corrected chi connectivity index (χ3v) is 6.53. The SMILES string of the molecule is CN1CC[C@]23c4c5ccc(O)c4O[C@H]2C(=O)CC[C@@]3(O)[C@H]1C5.NN. The number of hydrogen-bond acceptors (Lipinski definition) is 7. The molecule has 4 atom stereocenters. The number of piperidine rings is 1. The fourth-order valence-electron chi connectivity index (χ4n) is 5.54. The maximum Gasteiger partial charge on any atom is 0.174 e. The number of phenolic OH excluding ortho intramolecular Hbond substituents is 1. The summed E-state index contributed by atoms with van der Waals surface area (Å²) in [4.78, 5) is 14.7. The van der Waals surface area contributed by atoms with Crippen LogP contribution in [-0.4, -0.2) is 52.2 Å². The molecule has 5 rings (SSSR count). The van der Waals surface area contributed by atoms with Crippen molar-refractivity contribution in [2.75, 3.05) is 13.6 Å². The van der Waals surface area contributed by atoms with E-state index in [4.69, 9.17) is 4.74 Å². The first kappa shape index (κ1) is 15.8. The number of hydrogen-bond donors (Lipinski definition) is 4. The lowest BCUT2D eigenvalue weighted by molar-refractivity contribution is -0.185. The Balaban J connectivity index is 0.000000704. The van der Waals surface area contributed by atoms with Crippen molar-refractivity contribution in [1.29, 1.82) is 0 Å². The second kappa shape index (κ2) is 4.92. The molecule has 2 heterocycles. The molecule has 0 aromatic heterocycles. The summed E-state index contributed by atoms with van der Waals surface area (Å²) in [5.74, 6) is 8.56. The van der Waals surface area contributed by atoms with Gasteiger partial charge in [-0.2, -0.15) is 0 Å². The molecular weight excluding hydrogens is 310 g/mol. The minimum absolute atomic E-state index is 0.00319. The van der Waals surface area contributed by atoms with Crippen LogP contribution in [0.15, 0.2) is 12.1 Å². The molecule has 2 fully saturated rings. The lowest BCUT2D eigenvalue weighted by atomic mass is 9.49. The summed E-state index contributed by atoms with van der Waals surface area (Å²) < 4.78 is 5.94. The number of hydrazine groups is 1. The Morgan fingerprint density at radius 2 is 2.08 bits per heavy atom. The topological polar surface area (TPSA) is 122 Å². The second-order valence-corrected chi connectivity index (χ2v) is 7.26. The number of ketones is 1. The van der Waals surface area contributed by atoms with Crippen LogP contribution in [0, 0.1) is 0 Å². The quantitative estimate of drug-likeness (QED) is 0.375. The summed E-state index contributed by atoms with van der Waals surface area (Å²) in [7, 11) is 2.04. The number of nitrogens with two attached hydrogens (primary N) is 2. The highest BCUT2D eigenvalue weighted by Gasteiger charge is 2.72. The van der Waals surface area contributed by atoms with E-state index in [1.807, 2.05) is 13.1 Å². The van der Waals surface area contributed by atoms with E-state index in [0.717, 1.165) is 24.1 Å². The van der Waals surface area contributed by atoms with Crippen molar-refractivity contribution >= 4 is 5.78 Å². The van der Waals surface area contributed by atoms with E-state index >= 15 is 0 Å². The van der Waals surface area contributed by atoms with Gasteiger partial charge in [0.1, 0.15) is 0 Å². The van der Waals surface area contributed by atoms with E-state index in [9.17, 15) is 15.0 Å². The predicted octanol–water partition coefficient (Wildman–Crippen LogP) is -0.436. The monoisotopic (exact) mass is 333 g/mol. The minimum Gasteiger partial charge on any atom is -0.504 e. The molecule has 0 amide bonds. The molecule has 2 bridgehead atoms. The van der Waals surface area contributed by atoms with Crippen molar-refractivity contribution in [3.05, 3.63) is 23.3 Å². The average molecular weight is 333 g/mol. The number of aromatic hydroxyl groups is 1. The summed E-state index contributed by atoms with van der Waals surface area (Å²) in [6.07, 6.45) is 1.61. The van der Waals surface area contributed by atoms with Gasteiger partial charge < -0.3 is 19.8 Å². The van der Waals surface area contributed by atoms with Gasteiger partial charge in [-0.05, 0) is 44.5 Å². The molecule has 7 heteroatoms. The Bertz CT molecular complexity index is 724. The number of phenols is 1. The Morgan fingerprint density at radius 1 is 1.33 bits per heavy atom. The second-order valence-electron chi connectivity index (χ2n) is 7.26. The van der Waals surface area contributed by atoms with Crippen molar-refractivity contribution in [1.82, 2.24) is 4.90 Å². The van der Waals surface area contributed by atoms with E-state index in [1.165, 1.54) is 0 Å². The fraction of sp³-hybridized carbons (Fsp3) is 0.588. The van der Waals surface area contributed by atoms with Crippen LogP contribution >= 0.6 is 0 Å². The first-order valence-corrected chi connectivity index (χ1v) is 8.30. The molecule has 2 aliphatic carbocycles. The average Bonchev–Trinajstić information content (AvgIpc) is 2.94. The molecular formula is C17H23N3O4. The lowest BCUT2D eigenvalue weighted by Crippen LogP contribution is -2.76. The molecule has 1 aromatic rings. The summed E-state index contributed by atoms with van der Waals surface area (Å²) in [6.45, 7) is 0.828. The molecule has 24 heavy (non-hydrogen) atoms. The molecule has 1 saturated carbocycles. The highest BCUT2D eigenvalue weighted by molar-refractivity contribution is 5.90. The highest BCUT2D eigenvalue weighted by atomic mass is 16.5. The molecule has 7 nitrogen and oxygen atoms in total. The maximum absolute atomic E-state index is 12.5. The molecule has 0 radical (unpaired) electrons. The van der Waals surface area contributed by atoms with Gasteiger partial charge in [-0.1, -0.05) is 6.07 Å². The smallest absolute Gasteiger partial charge is 0.174 e. The summed E-state index contributed by atoms with van der Waals surface area (Å²) in [6, 6.07) is 3.57. The van der Waals surface area contributed by atoms with Crippen LogP contribution in [0.25, 0.3) is 0 Å². The van der Waals surface area contributed by atoms with Crippen LogP contribution in [0.5, 0.6) is 11.5 Å². The Kier molecular flexibility index (Phi) is 3.25. The maximum atomic E-state index is 12.5. The van der Waals surface area contributed by atoms with E-state index in [0.29, 0.717) is 25.0 Å². The van der Waals surface area contributed by atoms with Crippen molar-refractivity contribution < 1.29 is 19.7 Å². The molecule has 1 aromatic carbocycles. The summed E-state index contributed by atoms with van der Waals surface area (Å²) in [5, 5.41) is 21.8. The third kappa shape index (κ3) is 1.54. The number of rotatable bonds is 0. The number of likely N-dealkylation sites (tertiary alicyclic amines) is 1. The van der Waals surface area contributed by atoms with Gasteiger partial charge in [-0.25, -0.2) is 0 Å². The number of Topliss-reactive ketones (excluding diaryl/α,β-unsaturated/α-hetero) is 1. The number of benzene rings is 1. The first-order valence-electron chi connectivity index (χ1n) is 8.30. The zero-order valence-corrected chi connectivity index (χ0v) is 13.7. The van der Waals surface area contributed by atoms with E-state index in [-0.39, 0.29) is 17.6 Å². The van der Waals surface area contributed by atoms with Gasteiger partial charge in [-0.3, -0.25) is 16.5 Å². The van der Waals surface area contributed by atoms with Crippen LogP contribution in [0.1, 0.15) is 30.4 Å². The number of aliphatic hydroxyl groups is 1. The summed E-state index contributed by atoms with van der Waals surface area (Å²) >= 11 is 0.